The van der Waals surface area contributed by atoms with Gasteiger partial charge in [0.05, 0.1) is 13.2 Å². The summed E-state index contributed by atoms with van der Waals surface area (Å²) >= 11 is 0. The molecule has 0 spiro atoms. The second-order valence-electron chi connectivity index (χ2n) is 5.04. The van der Waals surface area contributed by atoms with Gasteiger partial charge in [-0.1, -0.05) is 18.2 Å². The number of rotatable bonds is 5. The molecule has 1 aromatic rings. The number of hydrogen-bond donors (Lipinski definition) is 1. The second-order valence-corrected chi connectivity index (χ2v) is 5.04. The zero-order chi connectivity index (χ0) is 14.4. The summed E-state index contributed by atoms with van der Waals surface area (Å²) in [6.07, 6.45) is 0. The van der Waals surface area contributed by atoms with Crippen LogP contribution >= 0.6 is 24.8 Å². The number of benzene rings is 1. The van der Waals surface area contributed by atoms with Crippen LogP contribution in [-0.2, 0) is 16.1 Å². The maximum atomic E-state index is 12.2. The maximum Gasteiger partial charge on any atom is 0.236 e. The van der Waals surface area contributed by atoms with Crippen LogP contribution in [0.5, 0.6) is 0 Å². The number of likely N-dealkylation sites (N-methyl/N-ethyl adjacent to an activating group) is 1. The van der Waals surface area contributed by atoms with Crippen LogP contribution in [0.1, 0.15) is 5.56 Å². The molecule has 1 N–H and O–H groups in total. The van der Waals surface area contributed by atoms with Crippen LogP contribution in [0.2, 0.25) is 0 Å². The highest BCUT2D eigenvalue weighted by molar-refractivity contribution is 5.85. The number of carbonyl (C=O) groups is 1. The van der Waals surface area contributed by atoms with E-state index < -0.39 is 0 Å². The number of para-hydroxylation sites is 1. The third kappa shape index (κ3) is 5.65. The number of nitrogens with one attached hydrogen (secondary N) is 1. The van der Waals surface area contributed by atoms with E-state index in [1.54, 1.807) is 7.11 Å². The van der Waals surface area contributed by atoms with E-state index in [2.05, 4.69) is 29.4 Å². The van der Waals surface area contributed by atoms with Gasteiger partial charge in [0.2, 0.25) is 5.91 Å². The summed E-state index contributed by atoms with van der Waals surface area (Å²) < 4.78 is 4.96. The molecule has 2 rings (SSSR count). The molecule has 0 aliphatic carbocycles. The van der Waals surface area contributed by atoms with Crippen molar-refractivity contribution in [3.63, 3.8) is 0 Å². The highest BCUT2D eigenvalue weighted by Crippen LogP contribution is 2.23. The van der Waals surface area contributed by atoms with Crippen molar-refractivity contribution < 1.29 is 9.53 Å². The lowest BCUT2D eigenvalue weighted by molar-refractivity contribution is -0.130. The largest absolute Gasteiger partial charge is 0.383 e. The highest BCUT2D eigenvalue weighted by atomic mass is 35.5. The lowest BCUT2D eigenvalue weighted by Gasteiger charge is -2.21. The molecule has 126 valence electrons. The Morgan fingerprint density at radius 2 is 2.00 bits per heavy atom. The van der Waals surface area contributed by atoms with Gasteiger partial charge in [-0.3, -0.25) is 4.79 Å². The van der Waals surface area contributed by atoms with Gasteiger partial charge in [0.15, 0.2) is 0 Å². The van der Waals surface area contributed by atoms with Crippen molar-refractivity contribution in [1.29, 1.82) is 0 Å². The van der Waals surface area contributed by atoms with E-state index in [1.165, 1.54) is 11.3 Å². The van der Waals surface area contributed by atoms with Gasteiger partial charge >= 0.3 is 0 Å². The van der Waals surface area contributed by atoms with Crippen LogP contribution in [0.15, 0.2) is 24.3 Å². The average Bonchev–Trinajstić information content (AvgIpc) is 2.63. The van der Waals surface area contributed by atoms with Crippen molar-refractivity contribution in [2.45, 2.75) is 6.54 Å². The molecule has 0 aromatic heterocycles. The number of halogens is 2. The van der Waals surface area contributed by atoms with Crippen molar-refractivity contribution in [2.75, 3.05) is 51.8 Å². The summed E-state index contributed by atoms with van der Waals surface area (Å²) in [5.74, 6) is 0.145. The molecule has 1 amide bonds. The first kappa shape index (κ1) is 21.0. The Morgan fingerprint density at radius 1 is 1.27 bits per heavy atom. The standard InChI is InChI=1S/C15H23N3O2.2ClH/c1-17-8-9-18(15(19)11-16-7-10-20-2)12-13-5-3-4-6-14(13)17;;/h3-6,16H,7-12H2,1-2H3;2*1H. The fourth-order valence-electron chi connectivity index (χ4n) is 2.39. The van der Waals surface area contributed by atoms with E-state index >= 15 is 0 Å². The fraction of sp³-hybridized carbons (Fsp3) is 0.533. The molecule has 0 bridgehead atoms. The highest BCUT2D eigenvalue weighted by Gasteiger charge is 2.20. The predicted octanol–water partition coefficient (Wildman–Crippen LogP) is 1.54. The molecule has 1 aliphatic heterocycles. The molecule has 0 saturated heterocycles. The number of ether oxygens (including phenoxy) is 1. The molecule has 5 nitrogen and oxygen atoms in total. The minimum atomic E-state index is 0. The summed E-state index contributed by atoms with van der Waals surface area (Å²) in [7, 11) is 3.73. The third-order valence-electron chi connectivity index (χ3n) is 3.58. The quantitative estimate of drug-likeness (QED) is 0.819. The van der Waals surface area contributed by atoms with Crippen LogP contribution in [0.4, 0.5) is 5.69 Å². The van der Waals surface area contributed by atoms with Gasteiger partial charge in [-0.05, 0) is 11.6 Å². The third-order valence-corrected chi connectivity index (χ3v) is 3.58. The molecule has 0 atom stereocenters. The minimum absolute atomic E-state index is 0. The van der Waals surface area contributed by atoms with Gasteiger partial charge in [-0.25, -0.2) is 0 Å². The van der Waals surface area contributed by atoms with Gasteiger partial charge in [-0.2, -0.15) is 0 Å². The average molecular weight is 350 g/mol. The molecule has 0 radical (unpaired) electrons. The monoisotopic (exact) mass is 349 g/mol. The number of methoxy groups -OCH3 is 1. The van der Waals surface area contributed by atoms with E-state index in [0.29, 0.717) is 26.2 Å². The van der Waals surface area contributed by atoms with Gasteiger partial charge in [-0.15, -0.1) is 24.8 Å². The van der Waals surface area contributed by atoms with Crippen molar-refractivity contribution in [3.8, 4) is 0 Å². The topological polar surface area (TPSA) is 44.8 Å². The molecule has 1 heterocycles. The van der Waals surface area contributed by atoms with Crippen LogP contribution in [0.25, 0.3) is 0 Å². The first-order valence-electron chi connectivity index (χ1n) is 6.99. The summed E-state index contributed by atoms with van der Waals surface area (Å²) in [6, 6.07) is 8.27. The maximum absolute atomic E-state index is 12.2. The van der Waals surface area contributed by atoms with Gasteiger partial charge < -0.3 is 19.9 Å². The minimum Gasteiger partial charge on any atom is -0.383 e. The Balaban J connectivity index is 0.00000220. The van der Waals surface area contributed by atoms with Crippen LogP contribution in [0, 0.1) is 0 Å². The lowest BCUT2D eigenvalue weighted by atomic mass is 10.1. The first-order chi connectivity index (χ1) is 9.72. The normalized spacial score (nSPS) is 13.5. The zero-order valence-corrected chi connectivity index (χ0v) is 14.7. The zero-order valence-electron chi connectivity index (χ0n) is 13.1. The number of anilines is 1. The van der Waals surface area contributed by atoms with Crippen molar-refractivity contribution in [1.82, 2.24) is 10.2 Å². The van der Waals surface area contributed by atoms with Gasteiger partial charge in [0.1, 0.15) is 0 Å². The predicted molar refractivity (Wildman–Crippen MR) is 94.4 cm³/mol. The first-order valence-corrected chi connectivity index (χ1v) is 6.99. The molecule has 7 heteroatoms. The van der Waals surface area contributed by atoms with E-state index in [4.69, 9.17) is 4.74 Å². The van der Waals surface area contributed by atoms with Crippen molar-refractivity contribution in [2.24, 2.45) is 0 Å². The molecular formula is C15H25Cl2N3O2. The Labute approximate surface area is 144 Å². The van der Waals surface area contributed by atoms with E-state index in [-0.39, 0.29) is 30.7 Å². The molecule has 22 heavy (non-hydrogen) atoms. The number of nitrogens with zero attached hydrogens (tertiary/aromatic N) is 2. The Morgan fingerprint density at radius 3 is 2.73 bits per heavy atom. The molecular weight excluding hydrogens is 325 g/mol. The SMILES string of the molecule is COCCNCC(=O)N1CCN(C)c2ccccc2C1.Cl.Cl. The second kappa shape index (κ2) is 10.7. The number of hydrogen-bond acceptors (Lipinski definition) is 4. The summed E-state index contributed by atoms with van der Waals surface area (Å²) in [6.45, 7) is 4.00. The number of carbonyl (C=O) groups excluding carboxylic acids is 1. The Hall–Kier alpha value is -1.01. The van der Waals surface area contributed by atoms with Crippen LogP contribution in [0.3, 0.4) is 0 Å². The number of fused-ring (bicyclic) bond motifs is 1. The smallest absolute Gasteiger partial charge is 0.236 e. The van der Waals surface area contributed by atoms with Gasteiger partial charge in [0, 0.05) is 46.0 Å². The van der Waals surface area contributed by atoms with E-state index in [0.717, 1.165) is 13.1 Å². The lowest BCUT2D eigenvalue weighted by Crippen LogP contribution is -2.40. The van der Waals surface area contributed by atoms with Crippen molar-refractivity contribution in [3.05, 3.63) is 29.8 Å². The van der Waals surface area contributed by atoms with Crippen LogP contribution in [-0.4, -0.2) is 57.8 Å². The molecule has 0 saturated carbocycles. The van der Waals surface area contributed by atoms with Crippen molar-refractivity contribution >= 4 is 36.4 Å². The van der Waals surface area contributed by atoms with Gasteiger partial charge in [0.25, 0.3) is 0 Å². The molecule has 1 aliphatic rings. The van der Waals surface area contributed by atoms with E-state index in [9.17, 15) is 4.79 Å². The summed E-state index contributed by atoms with van der Waals surface area (Å²) in [4.78, 5) is 16.4. The number of amides is 1. The Kier molecular flexibility index (Phi) is 10.2. The molecule has 0 unspecified atom stereocenters. The van der Waals surface area contributed by atoms with E-state index in [1.807, 2.05) is 17.0 Å². The Bertz CT molecular complexity index is 460. The van der Waals surface area contributed by atoms with Crippen LogP contribution < -0.4 is 10.2 Å². The summed E-state index contributed by atoms with van der Waals surface area (Å²) in [5, 5.41) is 3.11. The molecule has 1 aromatic carbocycles. The fourth-order valence-corrected chi connectivity index (χ4v) is 2.39. The molecule has 0 fully saturated rings. The summed E-state index contributed by atoms with van der Waals surface area (Å²) in [5.41, 5.74) is 2.42.